The van der Waals surface area contributed by atoms with Crippen LogP contribution in [0.15, 0.2) is 17.4 Å². The Morgan fingerprint density at radius 3 is 2.62 bits per heavy atom. The Labute approximate surface area is 124 Å². The largest absolute Gasteiger partial charge is 0.409 e. The quantitative estimate of drug-likeness (QED) is 0.367. The zero-order valence-electron chi connectivity index (χ0n) is 12.1. The topological polar surface area (TPSA) is 90.9 Å². The van der Waals surface area contributed by atoms with E-state index in [1.54, 1.807) is 12.3 Å². The van der Waals surface area contributed by atoms with Crippen LogP contribution in [0, 0.1) is 0 Å². The van der Waals surface area contributed by atoms with Crippen LogP contribution in [0.3, 0.4) is 0 Å². The summed E-state index contributed by atoms with van der Waals surface area (Å²) in [6.07, 6.45) is 6.96. The molecule has 1 saturated heterocycles. The predicted molar refractivity (Wildman–Crippen MR) is 80.6 cm³/mol. The number of amidine groups is 1. The summed E-state index contributed by atoms with van der Waals surface area (Å²) in [6.45, 7) is 3.88. The van der Waals surface area contributed by atoms with Crippen LogP contribution in [-0.2, 0) is 0 Å². The summed E-state index contributed by atoms with van der Waals surface area (Å²) >= 11 is 0. The van der Waals surface area contributed by atoms with Crippen molar-refractivity contribution in [2.75, 3.05) is 31.1 Å². The second-order valence-corrected chi connectivity index (χ2v) is 5.72. The molecule has 0 amide bonds. The molecule has 2 aliphatic rings. The molecular formula is C14H22N6O. The molecule has 1 saturated carbocycles. The van der Waals surface area contributed by atoms with Crippen molar-refractivity contribution >= 4 is 11.7 Å². The number of aromatic nitrogens is 2. The molecule has 7 heteroatoms. The number of anilines is 1. The molecule has 1 aliphatic carbocycles. The number of nitrogens with two attached hydrogens (primary N) is 1. The van der Waals surface area contributed by atoms with Crippen LogP contribution in [0.2, 0.25) is 0 Å². The maximum absolute atomic E-state index is 8.88. The van der Waals surface area contributed by atoms with Gasteiger partial charge in [0.05, 0.1) is 11.8 Å². The van der Waals surface area contributed by atoms with E-state index in [-0.39, 0.29) is 5.84 Å². The first kappa shape index (κ1) is 14.1. The van der Waals surface area contributed by atoms with Gasteiger partial charge in [0.2, 0.25) is 0 Å². The van der Waals surface area contributed by atoms with Gasteiger partial charge in [-0.25, -0.2) is 0 Å². The number of rotatable bonds is 3. The van der Waals surface area contributed by atoms with Gasteiger partial charge >= 0.3 is 0 Å². The average Bonchev–Trinajstić information content (AvgIpc) is 3.09. The summed E-state index contributed by atoms with van der Waals surface area (Å²) in [5.74, 6) is 0.789. The van der Waals surface area contributed by atoms with Crippen LogP contribution in [0.1, 0.15) is 31.2 Å². The van der Waals surface area contributed by atoms with Gasteiger partial charge in [0.25, 0.3) is 0 Å². The molecule has 3 rings (SSSR count). The van der Waals surface area contributed by atoms with E-state index in [4.69, 9.17) is 10.9 Å². The van der Waals surface area contributed by atoms with E-state index in [2.05, 4.69) is 25.2 Å². The monoisotopic (exact) mass is 290 g/mol. The van der Waals surface area contributed by atoms with Gasteiger partial charge < -0.3 is 15.8 Å². The van der Waals surface area contributed by atoms with Crippen LogP contribution < -0.4 is 10.6 Å². The van der Waals surface area contributed by atoms with E-state index < -0.39 is 0 Å². The highest BCUT2D eigenvalue weighted by Gasteiger charge is 2.27. The van der Waals surface area contributed by atoms with Crippen molar-refractivity contribution in [2.24, 2.45) is 10.9 Å². The molecule has 2 fully saturated rings. The van der Waals surface area contributed by atoms with E-state index >= 15 is 0 Å². The van der Waals surface area contributed by atoms with Gasteiger partial charge in [-0.2, -0.15) is 5.10 Å². The van der Waals surface area contributed by atoms with Gasteiger partial charge in [0, 0.05) is 32.2 Å². The smallest absolute Gasteiger partial charge is 0.173 e. The molecule has 1 aliphatic heterocycles. The Morgan fingerprint density at radius 1 is 1.24 bits per heavy atom. The molecule has 1 aromatic heterocycles. The zero-order chi connectivity index (χ0) is 14.7. The average molecular weight is 290 g/mol. The molecule has 7 nitrogen and oxygen atoms in total. The second-order valence-electron chi connectivity index (χ2n) is 5.72. The van der Waals surface area contributed by atoms with Crippen molar-refractivity contribution in [1.82, 2.24) is 15.1 Å². The van der Waals surface area contributed by atoms with E-state index in [1.807, 2.05) is 0 Å². The molecule has 21 heavy (non-hydrogen) atoms. The van der Waals surface area contributed by atoms with E-state index in [0.29, 0.717) is 11.4 Å². The lowest BCUT2D eigenvalue weighted by Gasteiger charge is -2.38. The third-order valence-electron chi connectivity index (χ3n) is 4.54. The number of hydrogen-bond donors (Lipinski definition) is 2. The van der Waals surface area contributed by atoms with Crippen LogP contribution in [0.25, 0.3) is 0 Å². The van der Waals surface area contributed by atoms with Crippen LogP contribution in [0.4, 0.5) is 5.82 Å². The van der Waals surface area contributed by atoms with E-state index in [1.165, 1.54) is 25.7 Å². The Bertz CT molecular complexity index is 506. The molecule has 114 valence electrons. The Hall–Kier alpha value is -1.89. The second kappa shape index (κ2) is 6.26. The van der Waals surface area contributed by atoms with E-state index in [0.717, 1.165) is 32.2 Å². The van der Waals surface area contributed by atoms with Gasteiger partial charge in [-0.3, -0.25) is 4.90 Å². The van der Waals surface area contributed by atoms with Crippen molar-refractivity contribution < 1.29 is 5.21 Å². The Morgan fingerprint density at radius 2 is 1.95 bits per heavy atom. The molecule has 0 unspecified atom stereocenters. The van der Waals surface area contributed by atoms with Crippen molar-refractivity contribution in [3.63, 3.8) is 0 Å². The standard InChI is InChI=1S/C14H22N6O/c15-13(18-21)12-5-6-16-17-14(12)20-9-7-19(8-10-20)11-3-1-2-4-11/h5-6,11,21H,1-4,7-10H2,(H2,15,18). The lowest BCUT2D eigenvalue weighted by atomic mass is 10.1. The zero-order valence-corrected chi connectivity index (χ0v) is 12.1. The molecule has 0 aromatic carbocycles. The molecule has 0 atom stereocenters. The van der Waals surface area contributed by atoms with Gasteiger partial charge in [-0.05, 0) is 18.9 Å². The SMILES string of the molecule is N/C(=N/O)c1ccnnc1N1CCN(C2CCCC2)CC1. The van der Waals surface area contributed by atoms with Crippen LogP contribution in [0.5, 0.6) is 0 Å². The summed E-state index contributed by atoms with van der Waals surface area (Å²) < 4.78 is 0. The van der Waals surface area contributed by atoms with Crippen molar-refractivity contribution in [3.05, 3.63) is 17.8 Å². The molecule has 0 spiro atoms. The highest BCUT2D eigenvalue weighted by atomic mass is 16.4. The molecule has 2 heterocycles. The van der Waals surface area contributed by atoms with Gasteiger partial charge in [-0.1, -0.05) is 18.0 Å². The molecule has 3 N–H and O–H groups in total. The summed E-state index contributed by atoms with van der Waals surface area (Å²) in [5.41, 5.74) is 6.36. The minimum absolute atomic E-state index is 0.0816. The van der Waals surface area contributed by atoms with Crippen molar-refractivity contribution in [2.45, 2.75) is 31.7 Å². The number of piperazine rings is 1. The summed E-state index contributed by atoms with van der Waals surface area (Å²) in [4.78, 5) is 4.76. The fourth-order valence-corrected chi connectivity index (χ4v) is 3.38. The first-order chi connectivity index (χ1) is 10.3. The predicted octanol–water partition coefficient (Wildman–Crippen LogP) is 0.636. The van der Waals surface area contributed by atoms with Gasteiger partial charge in [-0.15, -0.1) is 5.10 Å². The van der Waals surface area contributed by atoms with Crippen LogP contribution >= 0.6 is 0 Å². The normalized spacial score (nSPS) is 21.9. The summed E-state index contributed by atoms with van der Waals surface area (Å²) in [5, 5.41) is 20.1. The number of hydrogen-bond acceptors (Lipinski definition) is 6. The minimum atomic E-state index is 0.0816. The number of nitrogens with zero attached hydrogens (tertiary/aromatic N) is 5. The fraction of sp³-hybridized carbons (Fsp3) is 0.643. The van der Waals surface area contributed by atoms with Gasteiger partial charge in [0.15, 0.2) is 11.7 Å². The minimum Gasteiger partial charge on any atom is -0.409 e. The fourth-order valence-electron chi connectivity index (χ4n) is 3.38. The van der Waals surface area contributed by atoms with Gasteiger partial charge in [0.1, 0.15) is 0 Å². The number of oxime groups is 1. The van der Waals surface area contributed by atoms with Crippen LogP contribution in [-0.4, -0.2) is 58.4 Å². The highest BCUT2D eigenvalue weighted by molar-refractivity contribution is 6.01. The Kier molecular flexibility index (Phi) is 4.19. The van der Waals surface area contributed by atoms with E-state index in [9.17, 15) is 0 Å². The Balaban J connectivity index is 1.69. The lowest BCUT2D eigenvalue weighted by Crippen LogP contribution is -2.50. The van der Waals surface area contributed by atoms with Crippen molar-refractivity contribution in [1.29, 1.82) is 0 Å². The summed E-state index contributed by atoms with van der Waals surface area (Å²) in [7, 11) is 0. The van der Waals surface area contributed by atoms with Crippen molar-refractivity contribution in [3.8, 4) is 0 Å². The highest BCUT2D eigenvalue weighted by Crippen LogP contribution is 2.25. The lowest BCUT2D eigenvalue weighted by molar-refractivity contribution is 0.187. The third-order valence-corrected chi connectivity index (χ3v) is 4.54. The summed E-state index contributed by atoms with van der Waals surface area (Å²) in [6, 6.07) is 2.50. The molecule has 0 radical (unpaired) electrons. The molecule has 0 bridgehead atoms. The molecular weight excluding hydrogens is 268 g/mol. The first-order valence-corrected chi connectivity index (χ1v) is 7.58. The molecule has 1 aromatic rings. The first-order valence-electron chi connectivity index (χ1n) is 7.58. The third kappa shape index (κ3) is 2.92. The maximum Gasteiger partial charge on any atom is 0.173 e. The maximum atomic E-state index is 8.88.